The smallest absolute Gasteiger partial charge is 0.351 e. The number of aromatic nitrogens is 2. The average molecular weight is 269 g/mol. The second-order valence-electron chi connectivity index (χ2n) is 5.44. The van der Waals surface area contributed by atoms with Crippen molar-refractivity contribution in [3.8, 4) is 0 Å². The molecule has 1 saturated carbocycles. The Morgan fingerprint density at radius 3 is 2.58 bits per heavy atom. The fourth-order valence-corrected chi connectivity index (χ4v) is 2.95. The van der Waals surface area contributed by atoms with Gasteiger partial charge in [0.25, 0.3) is 0 Å². The summed E-state index contributed by atoms with van der Waals surface area (Å²) in [5.41, 5.74) is -0.262. The Morgan fingerprint density at radius 1 is 1.47 bits per heavy atom. The third-order valence-corrected chi connectivity index (χ3v) is 4.30. The lowest BCUT2D eigenvalue weighted by atomic mass is 9.94. The van der Waals surface area contributed by atoms with Crippen molar-refractivity contribution >= 4 is 5.82 Å². The van der Waals surface area contributed by atoms with E-state index in [9.17, 15) is 20.1 Å². The molecule has 8 heteroatoms. The van der Waals surface area contributed by atoms with Gasteiger partial charge in [0, 0.05) is 6.20 Å². The van der Waals surface area contributed by atoms with Crippen molar-refractivity contribution < 1.29 is 20.1 Å². The molecule has 8 nitrogen and oxygen atoms in total. The molecule has 1 aliphatic heterocycles. The standard InChI is InChI=1S/C11H15N3O5/c1-9(17)7(14-4-3-5(12)13-8(14)16)19-10(2)6(15)11(9,10)18/h3-4,6-7,15,17-18H,1-2H3,(H2,12,13,16)/t6?,7-,9+,10-,11-/m1/s1. The molecule has 1 unspecified atom stereocenters. The highest BCUT2D eigenvalue weighted by atomic mass is 16.6. The summed E-state index contributed by atoms with van der Waals surface area (Å²) in [6.07, 6.45) is -1.02. The Kier molecular flexibility index (Phi) is 2.08. The number of nitrogen functional groups attached to an aromatic ring is 1. The molecule has 5 N–H and O–H groups in total. The van der Waals surface area contributed by atoms with E-state index in [1.807, 2.05) is 0 Å². The minimum Gasteiger partial charge on any atom is -0.387 e. The first-order chi connectivity index (χ1) is 8.66. The molecule has 0 spiro atoms. The summed E-state index contributed by atoms with van der Waals surface area (Å²) < 4.78 is 6.53. The second kappa shape index (κ2) is 3.15. The van der Waals surface area contributed by atoms with Crippen LogP contribution in [0.4, 0.5) is 5.82 Å². The van der Waals surface area contributed by atoms with Crippen molar-refractivity contribution in [3.63, 3.8) is 0 Å². The molecule has 2 aliphatic rings. The predicted octanol–water partition coefficient (Wildman–Crippen LogP) is -2.03. The van der Waals surface area contributed by atoms with Gasteiger partial charge in [-0.1, -0.05) is 0 Å². The number of rotatable bonds is 1. The Morgan fingerprint density at radius 2 is 2.11 bits per heavy atom. The fraction of sp³-hybridized carbons (Fsp3) is 0.636. The fourth-order valence-electron chi connectivity index (χ4n) is 2.95. The Balaban J connectivity index is 2.08. The van der Waals surface area contributed by atoms with E-state index in [0.29, 0.717) is 0 Å². The van der Waals surface area contributed by atoms with Crippen molar-refractivity contribution in [3.05, 3.63) is 22.7 Å². The lowest BCUT2D eigenvalue weighted by molar-refractivity contribution is -0.165. The third-order valence-electron chi connectivity index (χ3n) is 4.30. The van der Waals surface area contributed by atoms with Gasteiger partial charge in [-0.3, -0.25) is 4.57 Å². The van der Waals surface area contributed by atoms with Crippen molar-refractivity contribution in [2.75, 3.05) is 5.73 Å². The van der Waals surface area contributed by atoms with Crippen LogP contribution in [0.25, 0.3) is 0 Å². The minimum atomic E-state index is -1.83. The van der Waals surface area contributed by atoms with Gasteiger partial charge in [0.1, 0.15) is 23.1 Å². The predicted molar refractivity (Wildman–Crippen MR) is 63.0 cm³/mol. The summed E-state index contributed by atoms with van der Waals surface area (Å²) in [6.45, 7) is 2.78. The number of aliphatic hydroxyl groups is 3. The van der Waals surface area contributed by atoms with E-state index in [4.69, 9.17) is 10.5 Å². The van der Waals surface area contributed by atoms with Crippen LogP contribution in [0.15, 0.2) is 17.1 Å². The number of aliphatic hydroxyl groups excluding tert-OH is 1. The zero-order chi connectivity index (χ0) is 14.2. The van der Waals surface area contributed by atoms with E-state index in [-0.39, 0.29) is 5.82 Å². The number of nitrogens with two attached hydrogens (primary N) is 1. The van der Waals surface area contributed by atoms with Gasteiger partial charge in [-0.2, -0.15) is 4.98 Å². The number of ether oxygens (including phenoxy) is 1. The van der Waals surface area contributed by atoms with E-state index in [1.165, 1.54) is 26.1 Å². The van der Waals surface area contributed by atoms with Gasteiger partial charge >= 0.3 is 5.69 Å². The van der Waals surface area contributed by atoms with Crippen LogP contribution in [-0.2, 0) is 4.74 Å². The zero-order valence-electron chi connectivity index (χ0n) is 10.4. The SMILES string of the molecule is C[C@]1(O)[C@H](n2ccc(N)nc2=O)O[C@]2(C)C(O)[C@@]12O. The summed E-state index contributed by atoms with van der Waals surface area (Å²) in [6, 6.07) is 1.38. The lowest BCUT2D eigenvalue weighted by Crippen LogP contribution is -2.50. The highest BCUT2D eigenvalue weighted by molar-refractivity contribution is 5.37. The number of anilines is 1. The Labute approximate surface area is 108 Å². The first-order valence-corrected chi connectivity index (χ1v) is 5.81. The van der Waals surface area contributed by atoms with Crippen LogP contribution >= 0.6 is 0 Å². The third kappa shape index (κ3) is 1.17. The molecule has 1 aromatic heterocycles. The molecule has 2 fully saturated rings. The molecule has 0 aromatic carbocycles. The molecule has 1 saturated heterocycles. The summed E-state index contributed by atoms with van der Waals surface area (Å²) in [7, 11) is 0. The van der Waals surface area contributed by atoms with Gasteiger partial charge in [0.05, 0.1) is 0 Å². The van der Waals surface area contributed by atoms with Crippen LogP contribution in [0.5, 0.6) is 0 Å². The number of fused-ring (bicyclic) bond motifs is 1. The first-order valence-electron chi connectivity index (χ1n) is 5.81. The van der Waals surface area contributed by atoms with Gasteiger partial charge in [-0.15, -0.1) is 0 Å². The lowest BCUT2D eigenvalue weighted by Gasteiger charge is -2.32. The molecule has 1 aliphatic carbocycles. The van der Waals surface area contributed by atoms with Crippen LogP contribution in [0, 0.1) is 0 Å². The molecule has 5 atom stereocenters. The number of nitrogens with zero attached hydrogens (tertiary/aromatic N) is 2. The summed E-state index contributed by atoms with van der Waals surface area (Å²) in [4.78, 5) is 15.3. The number of hydrogen-bond acceptors (Lipinski definition) is 7. The van der Waals surface area contributed by atoms with Crippen LogP contribution in [-0.4, -0.2) is 47.8 Å². The van der Waals surface area contributed by atoms with Gasteiger partial charge in [0.15, 0.2) is 11.8 Å². The van der Waals surface area contributed by atoms with Crippen LogP contribution in [0.2, 0.25) is 0 Å². The van der Waals surface area contributed by atoms with Crippen LogP contribution in [0.3, 0.4) is 0 Å². The summed E-state index contributed by atoms with van der Waals surface area (Å²) in [5.74, 6) is 0.0500. The molecule has 0 bridgehead atoms. The molecule has 19 heavy (non-hydrogen) atoms. The topological polar surface area (TPSA) is 131 Å². The normalized spacial score (nSPS) is 48.1. The monoisotopic (exact) mass is 269 g/mol. The molecule has 1 aromatic rings. The first kappa shape index (κ1) is 12.5. The Hall–Kier alpha value is -1.48. The quantitative estimate of drug-likeness (QED) is 0.462. The second-order valence-corrected chi connectivity index (χ2v) is 5.44. The van der Waals surface area contributed by atoms with Gasteiger partial charge in [-0.05, 0) is 19.9 Å². The molecular weight excluding hydrogens is 254 g/mol. The van der Waals surface area contributed by atoms with Crippen molar-refractivity contribution in [1.29, 1.82) is 0 Å². The summed E-state index contributed by atoms with van der Waals surface area (Å²) >= 11 is 0. The average Bonchev–Trinajstić information content (AvgIpc) is 2.67. The van der Waals surface area contributed by atoms with E-state index in [1.54, 1.807) is 0 Å². The van der Waals surface area contributed by atoms with E-state index in [2.05, 4.69) is 4.98 Å². The molecule has 0 radical (unpaired) electrons. The van der Waals surface area contributed by atoms with Crippen molar-refractivity contribution in [2.45, 2.75) is 43.0 Å². The zero-order valence-corrected chi connectivity index (χ0v) is 10.4. The van der Waals surface area contributed by atoms with Gasteiger partial charge < -0.3 is 25.8 Å². The van der Waals surface area contributed by atoms with Gasteiger partial charge in [-0.25, -0.2) is 4.79 Å². The molecule has 2 heterocycles. The van der Waals surface area contributed by atoms with E-state index >= 15 is 0 Å². The molecule has 3 rings (SSSR count). The maximum absolute atomic E-state index is 11.8. The molecule has 104 valence electrons. The van der Waals surface area contributed by atoms with Crippen molar-refractivity contribution in [2.24, 2.45) is 0 Å². The minimum absolute atomic E-state index is 0.0500. The highest BCUT2D eigenvalue weighted by Gasteiger charge is 2.89. The number of hydrogen-bond donors (Lipinski definition) is 4. The van der Waals surface area contributed by atoms with Crippen LogP contribution in [0.1, 0.15) is 20.1 Å². The molecule has 0 amide bonds. The summed E-state index contributed by atoms with van der Waals surface area (Å²) in [5, 5.41) is 30.5. The maximum Gasteiger partial charge on any atom is 0.351 e. The Bertz CT molecular complexity index is 615. The van der Waals surface area contributed by atoms with Crippen LogP contribution < -0.4 is 11.4 Å². The van der Waals surface area contributed by atoms with E-state index < -0.39 is 34.8 Å². The highest BCUT2D eigenvalue weighted by Crippen LogP contribution is 2.66. The largest absolute Gasteiger partial charge is 0.387 e. The molecular formula is C11H15N3O5. The van der Waals surface area contributed by atoms with Gasteiger partial charge in [0.2, 0.25) is 0 Å². The van der Waals surface area contributed by atoms with E-state index in [0.717, 1.165) is 4.57 Å². The maximum atomic E-state index is 11.8. The van der Waals surface area contributed by atoms with Crippen molar-refractivity contribution in [1.82, 2.24) is 9.55 Å².